The number of benzene rings is 1. The predicted octanol–water partition coefficient (Wildman–Crippen LogP) is 1.88. The number of nitrogens with two attached hydrogens (primary N) is 1. The van der Waals surface area contributed by atoms with E-state index in [1.165, 1.54) is 0 Å². The van der Waals surface area contributed by atoms with E-state index in [1.807, 2.05) is 30.5 Å². The van der Waals surface area contributed by atoms with Crippen molar-refractivity contribution >= 4 is 23.4 Å². The number of carbonyl (C=O) groups excluding carboxylic acids is 1. The van der Waals surface area contributed by atoms with Gasteiger partial charge < -0.3 is 15.4 Å². The molecule has 0 saturated heterocycles. The molecule has 0 fully saturated rings. The van der Waals surface area contributed by atoms with E-state index in [2.05, 4.69) is 0 Å². The van der Waals surface area contributed by atoms with Crippen molar-refractivity contribution in [1.29, 1.82) is 0 Å². The molecule has 0 unspecified atom stereocenters. The van der Waals surface area contributed by atoms with Gasteiger partial charge in [0.15, 0.2) is 0 Å². The molecule has 5 heteroatoms. The van der Waals surface area contributed by atoms with Crippen molar-refractivity contribution in [3.8, 4) is 5.75 Å². The van der Waals surface area contributed by atoms with Gasteiger partial charge >= 0.3 is 0 Å². The Kier molecular flexibility index (Phi) is 5.10. The topological polar surface area (TPSA) is 55.6 Å². The van der Waals surface area contributed by atoms with Crippen LogP contribution in [0.15, 0.2) is 24.3 Å². The molecule has 0 saturated carbocycles. The first-order chi connectivity index (χ1) is 9.24. The smallest absolute Gasteiger partial charge is 0.244 e. The van der Waals surface area contributed by atoms with Crippen molar-refractivity contribution in [2.24, 2.45) is 5.73 Å². The van der Waals surface area contributed by atoms with Crippen molar-refractivity contribution in [3.05, 3.63) is 24.3 Å². The van der Waals surface area contributed by atoms with Crippen molar-refractivity contribution in [2.45, 2.75) is 18.9 Å². The number of fused-ring (bicyclic) bond motifs is 1. The lowest BCUT2D eigenvalue weighted by Gasteiger charge is -2.24. The molecule has 0 aliphatic carbocycles. The molecule has 1 aromatic rings. The largest absolute Gasteiger partial charge is 0.491 e. The predicted molar refractivity (Wildman–Crippen MR) is 79.9 cm³/mol. The summed E-state index contributed by atoms with van der Waals surface area (Å²) in [5.74, 6) is 1.66. The molecule has 1 aliphatic rings. The second-order valence-corrected chi connectivity index (χ2v) is 5.53. The van der Waals surface area contributed by atoms with Crippen LogP contribution in [0.1, 0.15) is 12.8 Å². The standard InChI is InChI=1S/C14H20N2O2S/c1-19-10-7-11(15)14(17)16-8-4-9-18-13-6-3-2-5-12(13)16/h2-3,5-6,11H,4,7-10,15H2,1H3/t11-/m0/s1. The number of carbonyl (C=O) groups is 1. The molecule has 0 aromatic heterocycles. The number of amides is 1. The molecular formula is C14H20N2O2S. The highest BCUT2D eigenvalue weighted by Crippen LogP contribution is 2.30. The van der Waals surface area contributed by atoms with Gasteiger partial charge in [-0.25, -0.2) is 0 Å². The molecule has 104 valence electrons. The van der Waals surface area contributed by atoms with E-state index in [-0.39, 0.29) is 5.91 Å². The summed E-state index contributed by atoms with van der Waals surface area (Å²) in [5.41, 5.74) is 6.83. The van der Waals surface area contributed by atoms with Crippen LogP contribution in [-0.4, -0.2) is 37.1 Å². The molecule has 0 spiro atoms. The van der Waals surface area contributed by atoms with Crippen molar-refractivity contribution < 1.29 is 9.53 Å². The van der Waals surface area contributed by atoms with Crippen molar-refractivity contribution in [3.63, 3.8) is 0 Å². The number of ether oxygens (including phenoxy) is 1. The summed E-state index contributed by atoms with van der Waals surface area (Å²) in [6.07, 6.45) is 3.56. The molecule has 1 amide bonds. The molecule has 0 bridgehead atoms. The van der Waals surface area contributed by atoms with Crippen LogP contribution >= 0.6 is 11.8 Å². The SMILES string of the molecule is CSCC[C@H](N)C(=O)N1CCCOc2ccccc21. The first-order valence-electron chi connectivity index (χ1n) is 6.51. The Bertz CT molecular complexity index is 439. The third kappa shape index (κ3) is 3.42. The monoisotopic (exact) mass is 280 g/mol. The van der Waals surface area contributed by atoms with E-state index in [4.69, 9.17) is 10.5 Å². The first kappa shape index (κ1) is 14.2. The Morgan fingerprint density at radius 2 is 2.32 bits per heavy atom. The second-order valence-electron chi connectivity index (χ2n) is 4.55. The van der Waals surface area contributed by atoms with Crippen LogP contribution < -0.4 is 15.4 Å². The molecule has 1 atom stereocenters. The van der Waals surface area contributed by atoms with Crippen LogP contribution in [0.25, 0.3) is 0 Å². The number of hydrogen-bond donors (Lipinski definition) is 1. The number of hydrogen-bond acceptors (Lipinski definition) is 4. The average molecular weight is 280 g/mol. The van der Waals surface area contributed by atoms with Gasteiger partial charge in [0, 0.05) is 6.54 Å². The normalized spacial score (nSPS) is 16.2. The Morgan fingerprint density at radius 3 is 3.11 bits per heavy atom. The van der Waals surface area contributed by atoms with Gasteiger partial charge in [-0.2, -0.15) is 11.8 Å². The Morgan fingerprint density at radius 1 is 1.53 bits per heavy atom. The summed E-state index contributed by atoms with van der Waals surface area (Å²) in [4.78, 5) is 14.2. The number of thioether (sulfide) groups is 1. The zero-order valence-corrected chi connectivity index (χ0v) is 12.0. The summed E-state index contributed by atoms with van der Waals surface area (Å²) in [5, 5.41) is 0. The Balaban J connectivity index is 2.17. The average Bonchev–Trinajstić information content (AvgIpc) is 2.66. The van der Waals surface area contributed by atoms with Gasteiger partial charge in [-0.1, -0.05) is 12.1 Å². The van der Waals surface area contributed by atoms with Gasteiger partial charge in [-0.3, -0.25) is 4.79 Å². The highest BCUT2D eigenvalue weighted by atomic mass is 32.2. The molecule has 2 rings (SSSR count). The lowest BCUT2D eigenvalue weighted by atomic mass is 10.1. The van der Waals surface area contributed by atoms with Gasteiger partial charge in [0.25, 0.3) is 0 Å². The van der Waals surface area contributed by atoms with Crippen molar-refractivity contribution in [1.82, 2.24) is 0 Å². The summed E-state index contributed by atoms with van der Waals surface area (Å²) in [6, 6.07) is 7.22. The summed E-state index contributed by atoms with van der Waals surface area (Å²) >= 11 is 1.71. The van der Waals surface area contributed by atoms with Gasteiger partial charge in [0.2, 0.25) is 5.91 Å². The van der Waals surface area contributed by atoms with Gasteiger partial charge in [0.05, 0.1) is 18.3 Å². The molecule has 1 aromatic carbocycles. The summed E-state index contributed by atoms with van der Waals surface area (Å²) in [6.45, 7) is 1.31. The number of para-hydroxylation sites is 2. The minimum atomic E-state index is -0.432. The highest BCUT2D eigenvalue weighted by molar-refractivity contribution is 7.98. The first-order valence-corrected chi connectivity index (χ1v) is 7.91. The summed E-state index contributed by atoms with van der Waals surface area (Å²) < 4.78 is 5.65. The fourth-order valence-electron chi connectivity index (χ4n) is 2.12. The van der Waals surface area contributed by atoms with Gasteiger partial charge in [-0.15, -0.1) is 0 Å². The minimum Gasteiger partial charge on any atom is -0.491 e. The van der Waals surface area contributed by atoms with Gasteiger partial charge in [-0.05, 0) is 37.0 Å². The molecule has 2 N–H and O–H groups in total. The maximum atomic E-state index is 12.5. The highest BCUT2D eigenvalue weighted by Gasteiger charge is 2.25. The number of nitrogens with zero attached hydrogens (tertiary/aromatic N) is 1. The van der Waals surface area contributed by atoms with E-state index in [0.717, 1.165) is 23.6 Å². The second kappa shape index (κ2) is 6.82. The van der Waals surface area contributed by atoms with E-state index >= 15 is 0 Å². The van der Waals surface area contributed by atoms with Gasteiger partial charge in [0.1, 0.15) is 5.75 Å². The lowest BCUT2D eigenvalue weighted by molar-refractivity contribution is -0.119. The van der Waals surface area contributed by atoms with Crippen LogP contribution in [0.5, 0.6) is 5.75 Å². The molecule has 4 nitrogen and oxygen atoms in total. The third-order valence-electron chi connectivity index (χ3n) is 3.16. The minimum absolute atomic E-state index is 0.00741. The molecule has 0 radical (unpaired) electrons. The van der Waals surface area contributed by atoms with Crippen LogP contribution in [-0.2, 0) is 4.79 Å². The van der Waals surface area contributed by atoms with Crippen LogP contribution in [0.4, 0.5) is 5.69 Å². The zero-order valence-electron chi connectivity index (χ0n) is 11.2. The maximum absolute atomic E-state index is 12.5. The fraction of sp³-hybridized carbons (Fsp3) is 0.500. The fourth-order valence-corrected chi connectivity index (χ4v) is 2.61. The van der Waals surface area contributed by atoms with Crippen LogP contribution in [0.3, 0.4) is 0 Å². The zero-order chi connectivity index (χ0) is 13.7. The molecule has 1 aliphatic heterocycles. The molecule has 1 heterocycles. The van der Waals surface area contributed by atoms with E-state index in [0.29, 0.717) is 19.6 Å². The van der Waals surface area contributed by atoms with Crippen LogP contribution in [0.2, 0.25) is 0 Å². The lowest BCUT2D eigenvalue weighted by Crippen LogP contribution is -2.44. The molecule has 19 heavy (non-hydrogen) atoms. The number of rotatable bonds is 4. The third-order valence-corrected chi connectivity index (χ3v) is 3.80. The van der Waals surface area contributed by atoms with Crippen molar-refractivity contribution in [2.75, 3.05) is 30.1 Å². The Labute approximate surface area is 118 Å². The Hall–Kier alpha value is -1.20. The molecular weight excluding hydrogens is 260 g/mol. The van der Waals surface area contributed by atoms with E-state index < -0.39 is 6.04 Å². The van der Waals surface area contributed by atoms with E-state index in [1.54, 1.807) is 16.7 Å². The number of anilines is 1. The quantitative estimate of drug-likeness (QED) is 0.915. The van der Waals surface area contributed by atoms with Crippen LogP contribution in [0, 0.1) is 0 Å². The van der Waals surface area contributed by atoms with E-state index in [9.17, 15) is 4.79 Å². The maximum Gasteiger partial charge on any atom is 0.244 e. The summed E-state index contributed by atoms with van der Waals surface area (Å²) in [7, 11) is 0.